The Morgan fingerprint density at radius 3 is 2.32 bits per heavy atom. The Morgan fingerprint density at radius 1 is 1.26 bits per heavy atom. The first-order valence-corrected chi connectivity index (χ1v) is 6.01. The lowest BCUT2D eigenvalue weighted by molar-refractivity contribution is -0.121. The summed E-state index contributed by atoms with van der Waals surface area (Å²) in [6.07, 6.45) is 0. The van der Waals surface area contributed by atoms with E-state index in [4.69, 9.17) is 5.73 Å². The number of nitrogens with one attached hydrogen (secondary N) is 2. The largest absolute Gasteiger partial charge is 0.368 e. The Morgan fingerprint density at radius 2 is 1.84 bits per heavy atom. The van der Waals surface area contributed by atoms with Crippen LogP contribution in [0.4, 0.5) is 17.8 Å². The second-order valence-electron chi connectivity index (χ2n) is 4.82. The summed E-state index contributed by atoms with van der Waals surface area (Å²) in [4.78, 5) is 25.7. The molecule has 0 aliphatic carbocycles. The molecule has 1 aromatic rings. The molecule has 0 saturated carbocycles. The van der Waals surface area contributed by atoms with Crippen molar-refractivity contribution in [3.63, 3.8) is 0 Å². The van der Waals surface area contributed by atoms with Crippen molar-refractivity contribution in [3.05, 3.63) is 0 Å². The number of hydrogen-bond acceptors (Lipinski definition) is 7. The Bertz CT molecular complexity index is 458. The van der Waals surface area contributed by atoms with Crippen molar-refractivity contribution in [2.75, 3.05) is 36.2 Å². The molecule has 0 saturated heterocycles. The van der Waals surface area contributed by atoms with Crippen molar-refractivity contribution in [3.8, 4) is 0 Å². The zero-order valence-electron chi connectivity index (χ0n) is 12.0. The molecule has 0 radical (unpaired) electrons. The van der Waals surface area contributed by atoms with Crippen molar-refractivity contribution < 1.29 is 4.79 Å². The van der Waals surface area contributed by atoms with Gasteiger partial charge in [-0.25, -0.2) is 0 Å². The summed E-state index contributed by atoms with van der Waals surface area (Å²) in [7, 11) is 3.65. The van der Waals surface area contributed by atoms with E-state index >= 15 is 0 Å². The molecule has 1 amide bonds. The molecule has 0 spiro atoms. The van der Waals surface area contributed by atoms with Crippen LogP contribution >= 0.6 is 0 Å². The van der Waals surface area contributed by atoms with E-state index in [9.17, 15) is 4.79 Å². The molecule has 1 aromatic heterocycles. The molecule has 0 aliphatic rings. The number of aromatic nitrogens is 3. The maximum Gasteiger partial charge on any atom is 0.242 e. The first kappa shape index (κ1) is 14.9. The zero-order chi connectivity index (χ0) is 14.6. The third-order valence-corrected chi connectivity index (χ3v) is 2.40. The molecule has 1 rings (SSSR count). The molecule has 0 aromatic carbocycles. The fraction of sp³-hybridized carbons (Fsp3) is 0.636. The minimum Gasteiger partial charge on any atom is -0.368 e. The van der Waals surface area contributed by atoms with Gasteiger partial charge in [0.05, 0.1) is 0 Å². The average Bonchev–Trinajstić information content (AvgIpc) is 2.28. The van der Waals surface area contributed by atoms with E-state index in [2.05, 4.69) is 25.6 Å². The molecule has 0 atom stereocenters. The highest BCUT2D eigenvalue weighted by Gasteiger charge is 2.26. The zero-order valence-corrected chi connectivity index (χ0v) is 12.0. The van der Waals surface area contributed by atoms with Gasteiger partial charge in [0.25, 0.3) is 0 Å². The van der Waals surface area contributed by atoms with Crippen LogP contribution in [0.15, 0.2) is 0 Å². The molecule has 1 heterocycles. The molecule has 0 aliphatic heterocycles. The van der Waals surface area contributed by atoms with Gasteiger partial charge in [-0.05, 0) is 20.8 Å². The van der Waals surface area contributed by atoms with Crippen molar-refractivity contribution in [2.24, 2.45) is 5.73 Å². The van der Waals surface area contributed by atoms with Crippen LogP contribution in [0, 0.1) is 0 Å². The molecule has 4 N–H and O–H groups in total. The Kier molecular flexibility index (Phi) is 4.47. The smallest absolute Gasteiger partial charge is 0.242 e. The third kappa shape index (κ3) is 3.94. The van der Waals surface area contributed by atoms with Crippen molar-refractivity contribution in [1.29, 1.82) is 0 Å². The van der Waals surface area contributed by atoms with E-state index in [1.54, 1.807) is 18.7 Å². The third-order valence-electron chi connectivity index (χ3n) is 2.40. The summed E-state index contributed by atoms with van der Waals surface area (Å²) in [5, 5.41) is 5.92. The SMILES string of the molecule is CCNc1nc(NC(C)(C)C(N)=O)nc(N(C)C)n1. The fourth-order valence-electron chi connectivity index (χ4n) is 1.20. The monoisotopic (exact) mass is 267 g/mol. The van der Waals surface area contributed by atoms with Crippen LogP contribution < -0.4 is 21.3 Å². The number of primary amides is 1. The van der Waals surface area contributed by atoms with Crippen LogP contribution in [0.3, 0.4) is 0 Å². The van der Waals surface area contributed by atoms with Gasteiger partial charge in [0.15, 0.2) is 0 Å². The minimum atomic E-state index is -0.936. The Hall–Kier alpha value is -2.12. The summed E-state index contributed by atoms with van der Waals surface area (Å²) in [5.74, 6) is 0.764. The van der Waals surface area contributed by atoms with Crippen LogP contribution in [0.25, 0.3) is 0 Å². The van der Waals surface area contributed by atoms with Crippen LogP contribution in [0.5, 0.6) is 0 Å². The lowest BCUT2D eigenvalue weighted by Gasteiger charge is -2.23. The summed E-state index contributed by atoms with van der Waals surface area (Å²) in [6, 6.07) is 0. The first-order valence-electron chi connectivity index (χ1n) is 6.01. The predicted octanol–water partition coefficient (Wildman–Crippen LogP) is 0.0452. The van der Waals surface area contributed by atoms with Crippen LogP contribution in [-0.2, 0) is 4.79 Å². The van der Waals surface area contributed by atoms with Gasteiger partial charge in [-0.3, -0.25) is 4.79 Å². The quantitative estimate of drug-likeness (QED) is 0.668. The molecule has 106 valence electrons. The number of carbonyl (C=O) groups excluding carboxylic acids is 1. The minimum absolute atomic E-state index is 0.304. The number of anilines is 3. The fourth-order valence-corrected chi connectivity index (χ4v) is 1.20. The summed E-state index contributed by atoms with van der Waals surface area (Å²) >= 11 is 0. The second kappa shape index (κ2) is 5.68. The highest BCUT2D eigenvalue weighted by Crippen LogP contribution is 2.15. The van der Waals surface area contributed by atoms with Crippen LogP contribution in [0.1, 0.15) is 20.8 Å². The van der Waals surface area contributed by atoms with Gasteiger partial charge in [0, 0.05) is 20.6 Å². The number of hydrogen-bond donors (Lipinski definition) is 3. The highest BCUT2D eigenvalue weighted by molar-refractivity contribution is 5.86. The van der Waals surface area contributed by atoms with Crippen molar-refractivity contribution in [2.45, 2.75) is 26.3 Å². The van der Waals surface area contributed by atoms with E-state index in [0.29, 0.717) is 24.4 Å². The van der Waals surface area contributed by atoms with Crippen molar-refractivity contribution in [1.82, 2.24) is 15.0 Å². The maximum atomic E-state index is 11.3. The van der Waals surface area contributed by atoms with Gasteiger partial charge in [-0.15, -0.1) is 0 Å². The Balaban J connectivity index is 3.09. The molecule has 0 bridgehead atoms. The van der Waals surface area contributed by atoms with E-state index in [-0.39, 0.29) is 0 Å². The van der Waals surface area contributed by atoms with Gasteiger partial charge in [-0.1, -0.05) is 0 Å². The van der Waals surface area contributed by atoms with Gasteiger partial charge in [0.1, 0.15) is 5.54 Å². The molecule has 0 unspecified atom stereocenters. The van der Waals surface area contributed by atoms with Gasteiger partial charge < -0.3 is 21.3 Å². The molecular formula is C11H21N7O. The van der Waals surface area contributed by atoms with Gasteiger partial charge in [-0.2, -0.15) is 15.0 Å². The molecule has 8 nitrogen and oxygen atoms in total. The number of nitrogens with two attached hydrogens (primary N) is 1. The van der Waals surface area contributed by atoms with E-state index in [1.807, 2.05) is 21.0 Å². The predicted molar refractivity (Wildman–Crippen MR) is 75.2 cm³/mol. The van der Waals surface area contributed by atoms with E-state index < -0.39 is 11.4 Å². The van der Waals surface area contributed by atoms with E-state index in [0.717, 1.165) is 0 Å². The topological polar surface area (TPSA) is 109 Å². The van der Waals surface area contributed by atoms with E-state index in [1.165, 1.54) is 0 Å². The molecular weight excluding hydrogens is 246 g/mol. The molecule has 0 fully saturated rings. The average molecular weight is 267 g/mol. The van der Waals surface area contributed by atoms with Crippen LogP contribution in [-0.4, -0.2) is 47.0 Å². The summed E-state index contributed by atoms with van der Waals surface area (Å²) < 4.78 is 0. The number of carbonyl (C=O) groups is 1. The second-order valence-corrected chi connectivity index (χ2v) is 4.82. The standard InChI is InChI=1S/C11H21N7O/c1-6-13-8-14-9(16-10(15-8)18(4)5)17-11(2,3)7(12)19/h6H2,1-5H3,(H2,12,19)(H2,13,14,15,16,17). The normalized spacial score (nSPS) is 11.0. The Labute approximate surface area is 112 Å². The summed E-state index contributed by atoms with van der Waals surface area (Å²) in [5.41, 5.74) is 4.38. The van der Waals surface area contributed by atoms with Gasteiger partial charge >= 0.3 is 0 Å². The van der Waals surface area contributed by atoms with Gasteiger partial charge in [0.2, 0.25) is 23.8 Å². The lowest BCUT2D eigenvalue weighted by Crippen LogP contribution is -2.45. The first-order chi connectivity index (χ1) is 8.76. The lowest BCUT2D eigenvalue weighted by atomic mass is 10.1. The van der Waals surface area contributed by atoms with Crippen molar-refractivity contribution >= 4 is 23.8 Å². The number of amides is 1. The molecule has 19 heavy (non-hydrogen) atoms. The molecule has 8 heteroatoms. The summed E-state index contributed by atoms with van der Waals surface area (Å²) in [6.45, 7) is 5.97. The number of nitrogens with zero attached hydrogens (tertiary/aromatic N) is 4. The number of rotatable bonds is 6. The van der Waals surface area contributed by atoms with Crippen LogP contribution in [0.2, 0.25) is 0 Å². The maximum absolute atomic E-state index is 11.3. The highest BCUT2D eigenvalue weighted by atomic mass is 16.1.